The molecule has 1 aliphatic carbocycles. The van der Waals surface area contributed by atoms with Gasteiger partial charge in [0.15, 0.2) is 0 Å². The molecule has 0 bridgehead atoms. The number of hydrogen-bond donors (Lipinski definition) is 1. The molecule has 17 heavy (non-hydrogen) atoms. The topological polar surface area (TPSA) is 42.7 Å². The summed E-state index contributed by atoms with van der Waals surface area (Å²) in [5.41, 5.74) is 1.59. The van der Waals surface area contributed by atoms with Gasteiger partial charge in [-0.15, -0.1) is 5.10 Å². The predicted molar refractivity (Wildman–Crippen MR) is 68.7 cm³/mol. The van der Waals surface area contributed by atoms with E-state index < -0.39 is 0 Å². The van der Waals surface area contributed by atoms with Crippen LogP contribution in [0.25, 0.3) is 0 Å². The van der Waals surface area contributed by atoms with Crippen LogP contribution in [0.15, 0.2) is 6.20 Å². The number of nitrogens with zero attached hydrogens (tertiary/aromatic N) is 3. The van der Waals surface area contributed by atoms with E-state index in [2.05, 4.69) is 29.5 Å². The van der Waals surface area contributed by atoms with Crippen molar-refractivity contribution in [1.82, 2.24) is 20.3 Å². The Morgan fingerprint density at radius 3 is 2.71 bits per heavy atom. The molecule has 1 saturated carbocycles. The zero-order valence-electron chi connectivity index (χ0n) is 11.2. The second-order valence-corrected chi connectivity index (χ2v) is 5.94. The molecule has 1 aliphatic rings. The molecule has 0 saturated heterocycles. The van der Waals surface area contributed by atoms with Gasteiger partial charge in [-0.3, -0.25) is 4.68 Å². The lowest BCUT2D eigenvalue weighted by atomic mass is 9.66. The van der Waals surface area contributed by atoms with Gasteiger partial charge in [0.25, 0.3) is 0 Å². The normalized spacial score (nSPS) is 18.4. The summed E-state index contributed by atoms with van der Waals surface area (Å²) in [6, 6.07) is 0. The van der Waals surface area contributed by atoms with E-state index in [-0.39, 0.29) is 0 Å². The Kier molecular flexibility index (Phi) is 3.82. The summed E-state index contributed by atoms with van der Waals surface area (Å²) < 4.78 is 1.79. The molecule has 0 aromatic carbocycles. The molecule has 0 amide bonds. The minimum atomic E-state index is 0.449. The summed E-state index contributed by atoms with van der Waals surface area (Å²) in [6.07, 6.45) is 7.14. The number of aromatic nitrogens is 3. The second-order valence-electron chi connectivity index (χ2n) is 5.94. The van der Waals surface area contributed by atoms with Gasteiger partial charge in [-0.05, 0) is 37.1 Å². The van der Waals surface area contributed by atoms with E-state index >= 15 is 0 Å². The fraction of sp³-hybridized carbons (Fsp3) is 0.846. The van der Waals surface area contributed by atoms with Gasteiger partial charge in [0.05, 0.1) is 5.69 Å². The van der Waals surface area contributed by atoms with Gasteiger partial charge in [0.1, 0.15) is 0 Å². The Balaban J connectivity index is 1.86. The Bertz CT molecular complexity index is 352. The quantitative estimate of drug-likeness (QED) is 0.818. The first-order chi connectivity index (χ1) is 8.10. The average Bonchev–Trinajstić information content (AvgIpc) is 2.59. The summed E-state index contributed by atoms with van der Waals surface area (Å²) >= 11 is 0. The van der Waals surface area contributed by atoms with Crippen LogP contribution in [-0.4, -0.2) is 28.1 Å². The molecule has 1 aromatic rings. The first-order valence-electron chi connectivity index (χ1n) is 6.66. The second kappa shape index (κ2) is 5.17. The van der Waals surface area contributed by atoms with E-state index in [4.69, 9.17) is 0 Å². The van der Waals surface area contributed by atoms with Crippen molar-refractivity contribution in [2.75, 3.05) is 13.1 Å². The van der Waals surface area contributed by atoms with Crippen molar-refractivity contribution in [3.05, 3.63) is 11.9 Å². The fourth-order valence-electron chi connectivity index (χ4n) is 2.58. The predicted octanol–water partition coefficient (Wildman–Crippen LogP) is 1.77. The summed E-state index contributed by atoms with van der Waals surface area (Å²) in [4.78, 5) is 0. The molecule has 0 aliphatic heterocycles. The molecular weight excluding hydrogens is 212 g/mol. The SMILES string of the molecule is CC(C)CNCC1(Cc2cn(C)nn2)CCC1. The summed E-state index contributed by atoms with van der Waals surface area (Å²) in [6.45, 7) is 6.75. The maximum Gasteiger partial charge on any atom is 0.0833 e. The number of nitrogens with one attached hydrogen (secondary N) is 1. The molecule has 4 nitrogen and oxygen atoms in total. The molecule has 1 N–H and O–H groups in total. The van der Waals surface area contributed by atoms with E-state index in [1.165, 1.54) is 19.3 Å². The van der Waals surface area contributed by atoms with Crippen molar-refractivity contribution in [1.29, 1.82) is 0 Å². The number of hydrogen-bond acceptors (Lipinski definition) is 3. The molecule has 0 spiro atoms. The third kappa shape index (κ3) is 3.28. The van der Waals surface area contributed by atoms with Crippen molar-refractivity contribution in [3.8, 4) is 0 Å². The summed E-state index contributed by atoms with van der Waals surface area (Å²) in [5, 5.41) is 11.8. The van der Waals surface area contributed by atoms with Crippen LogP contribution in [0.3, 0.4) is 0 Å². The Morgan fingerprint density at radius 2 is 2.24 bits per heavy atom. The highest BCUT2D eigenvalue weighted by atomic mass is 15.4. The lowest BCUT2D eigenvalue weighted by Gasteiger charge is -2.42. The average molecular weight is 236 g/mol. The van der Waals surface area contributed by atoms with E-state index in [1.54, 1.807) is 4.68 Å². The maximum atomic E-state index is 4.21. The first kappa shape index (κ1) is 12.6. The molecule has 0 radical (unpaired) electrons. The lowest BCUT2D eigenvalue weighted by molar-refractivity contribution is 0.127. The molecule has 0 atom stereocenters. The highest BCUT2D eigenvalue weighted by Gasteiger charge is 2.37. The van der Waals surface area contributed by atoms with Gasteiger partial charge >= 0.3 is 0 Å². The summed E-state index contributed by atoms with van der Waals surface area (Å²) in [5.74, 6) is 0.726. The van der Waals surface area contributed by atoms with Crippen molar-refractivity contribution in [2.45, 2.75) is 39.5 Å². The van der Waals surface area contributed by atoms with Crippen LogP contribution >= 0.6 is 0 Å². The minimum absolute atomic E-state index is 0.449. The van der Waals surface area contributed by atoms with Gasteiger partial charge in [-0.2, -0.15) is 0 Å². The highest BCUT2D eigenvalue weighted by Crippen LogP contribution is 2.42. The maximum absolute atomic E-state index is 4.21. The van der Waals surface area contributed by atoms with Gasteiger partial charge in [0, 0.05) is 19.8 Å². The minimum Gasteiger partial charge on any atom is -0.316 e. The fourth-order valence-corrected chi connectivity index (χ4v) is 2.58. The molecule has 1 aromatic heterocycles. The zero-order valence-corrected chi connectivity index (χ0v) is 11.2. The Labute approximate surface area is 104 Å². The Hall–Kier alpha value is -0.900. The lowest BCUT2D eigenvalue weighted by Crippen LogP contribution is -2.42. The first-order valence-corrected chi connectivity index (χ1v) is 6.66. The van der Waals surface area contributed by atoms with E-state index in [0.717, 1.165) is 31.1 Å². The zero-order chi connectivity index (χ0) is 12.3. The van der Waals surface area contributed by atoms with Crippen molar-refractivity contribution in [2.24, 2.45) is 18.4 Å². The molecule has 96 valence electrons. The van der Waals surface area contributed by atoms with E-state index in [0.29, 0.717) is 5.41 Å². The van der Waals surface area contributed by atoms with Gasteiger partial charge in [0.2, 0.25) is 0 Å². The number of aryl methyl sites for hydroxylation is 1. The smallest absolute Gasteiger partial charge is 0.0833 e. The third-order valence-corrected chi connectivity index (χ3v) is 3.67. The monoisotopic (exact) mass is 236 g/mol. The Morgan fingerprint density at radius 1 is 1.47 bits per heavy atom. The van der Waals surface area contributed by atoms with E-state index in [1.807, 2.05) is 13.2 Å². The molecule has 4 heteroatoms. The van der Waals surface area contributed by atoms with Crippen LogP contribution in [-0.2, 0) is 13.5 Å². The molecule has 0 unspecified atom stereocenters. The third-order valence-electron chi connectivity index (χ3n) is 3.67. The van der Waals surface area contributed by atoms with Crippen molar-refractivity contribution in [3.63, 3.8) is 0 Å². The van der Waals surface area contributed by atoms with Gasteiger partial charge < -0.3 is 5.32 Å². The van der Waals surface area contributed by atoms with Crippen LogP contribution in [0.1, 0.15) is 38.8 Å². The standard InChI is InChI=1S/C13H24N4/c1-11(2)8-14-10-13(5-4-6-13)7-12-9-17(3)16-15-12/h9,11,14H,4-8,10H2,1-3H3. The van der Waals surface area contributed by atoms with Crippen molar-refractivity contribution < 1.29 is 0 Å². The van der Waals surface area contributed by atoms with Crippen LogP contribution in [0.4, 0.5) is 0 Å². The van der Waals surface area contributed by atoms with Crippen LogP contribution in [0.5, 0.6) is 0 Å². The molecule has 1 fully saturated rings. The van der Waals surface area contributed by atoms with Crippen molar-refractivity contribution >= 4 is 0 Å². The molecular formula is C13H24N4. The van der Waals surface area contributed by atoms with E-state index in [9.17, 15) is 0 Å². The molecule has 2 rings (SSSR count). The highest BCUT2D eigenvalue weighted by molar-refractivity contribution is 5.03. The van der Waals surface area contributed by atoms with Crippen LogP contribution in [0, 0.1) is 11.3 Å². The molecule has 1 heterocycles. The largest absolute Gasteiger partial charge is 0.316 e. The number of rotatable bonds is 6. The van der Waals surface area contributed by atoms with Gasteiger partial charge in [-0.25, -0.2) is 0 Å². The van der Waals surface area contributed by atoms with Crippen LogP contribution in [0.2, 0.25) is 0 Å². The van der Waals surface area contributed by atoms with Gasteiger partial charge in [-0.1, -0.05) is 25.5 Å². The summed E-state index contributed by atoms with van der Waals surface area (Å²) in [7, 11) is 1.93. The van der Waals surface area contributed by atoms with Crippen LogP contribution < -0.4 is 5.32 Å².